The summed E-state index contributed by atoms with van der Waals surface area (Å²) in [7, 11) is 0. The Hall–Kier alpha value is -2.33. The Morgan fingerprint density at radius 2 is 1.67 bits per heavy atom. The number of carbonyl (C=O) groups excluding carboxylic acids is 1. The molecule has 2 aromatic carbocycles. The van der Waals surface area contributed by atoms with Crippen LogP contribution in [0.2, 0.25) is 0 Å². The second-order valence-electron chi connectivity index (χ2n) is 4.49. The van der Waals surface area contributed by atoms with Crippen LogP contribution in [0.25, 0.3) is 0 Å². The Kier molecular flexibility index (Phi) is 4.95. The normalized spacial score (nSPS) is 11.7. The number of hydrogen-bond donors (Lipinski definition) is 2. The zero-order chi connectivity index (χ0) is 15.2. The van der Waals surface area contributed by atoms with Gasteiger partial charge in [0.25, 0.3) is 5.91 Å². The summed E-state index contributed by atoms with van der Waals surface area (Å²) < 4.78 is 0. The zero-order valence-electron chi connectivity index (χ0n) is 11.1. The molecule has 21 heavy (non-hydrogen) atoms. The van der Waals surface area contributed by atoms with Crippen LogP contribution in [0.5, 0.6) is 0 Å². The summed E-state index contributed by atoms with van der Waals surface area (Å²) >= 11 is 5.70. The predicted octanol–water partition coefficient (Wildman–Crippen LogP) is 2.98. The van der Waals surface area contributed by atoms with Gasteiger partial charge >= 0.3 is 5.97 Å². The minimum Gasteiger partial charge on any atom is -0.479 e. The highest BCUT2D eigenvalue weighted by Crippen LogP contribution is 2.16. The Morgan fingerprint density at radius 1 is 1.05 bits per heavy atom. The van der Waals surface area contributed by atoms with Crippen molar-refractivity contribution in [3.8, 4) is 0 Å². The molecule has 0 aliphatic carbocycles. The quantitative estimate of drug-likeness (QED) is 0.835. The van der Waals surface area contributed by atoms with E-state index in [-0.39, 0.29) is 0 Å². The molecule has 1 amide bonds. The summed E-state index contributed by atoms with van der Waals surface area (Å²) in [5.74, 6) is -1.18. The van der Waals surface area contributed by atoms with Crippen molar-refractivity contribution in [2.75, 3.05) is 0 Å². The average Bonchev–Trinajstić information content (AvgIpc) is 2.53. The van der Waals surface area contributed by atoms with E-state index in [1.165, 1.54) is 0 Å². The molecule has 0 aliphatic rings. The summed E-state index contributed by atoms with van der Waals surface area (Å²) in [6.07, 6.45) is 0. The summed E-state index contributed by atoms with van der Waals surface area (Å²) in [5, 5.41) is 11.8. The topological polar surface area (TPSA) is 66.4 Å². The molecule has 0 unspecified atom stereocenters. The fraction of sp³-hybridized carbons (Fsp3) is 0.125. The molecule has 5 heteroatoms. The number of amides is 1. The van der Waals surface area contributed by atoms with E-state index in [2.05, 4.69) is 5.32 Å². The molecule has 2 rings (SSSR count). The van der Waals surface area contributed by atoms with Gasteiger partial charge in [0.2, 0.25) is 0 Å². The molecule has 4 nitrogen and oxygen atoms in total. The Morgan fingerprint density at radius 3 is 2.19 bits per heavy atom. The van der Waals surface area contributed by atoms with Gasteiger partial charge in [-0.1, -0.05) is 42.5 Å². The highest BCUT2D eigenvalue weighted by Gasteiger charge is 2.22. The van der Waals surface area contributed by atoms with Gasteiger partial charge in [-0.15, -0.1) is 11.6 Å². The molecule has 108 valence electrons. The van der Waals surface area contributed by atoms with E-state index in [0.717, 1.165) is 5.56 Å². The number of aliphatic carboxylic acids is 1. The van der Waals surface area contributed by atoms with Gasteiger partial charge in [-0.25, -0.2) is 4.79 Å². The molecule has 0 spiro atoms. The lowest BCUT2D eigenvalue weighted by Crippen LogP contribution is -2.33. The first kappa shape index (κ1) is 15.1. The van der Waals surface area contributed by atoms with Gasteiger partial charge in [0.15, 0.2) is 6.04 Å². The molecule has 0 aromatic heterocycles. The molecule has 0 saturated heterocycles. The van der Waals surface area contributed by atoms with E-state index < -0.39 is 17.9 Å². The third kappa shape index (κ3) is 3.83. The van der Waals surface area contributed by atoms with Gasteiger partial charge in [-0.3, -0.25) is 4.79 Å². The molecule has 0 heterocycles. The molecular formula is C16H14ClNO3. The number of carboxylic acids is 1. The van der Waals surface area contributed by atoms with Crippen LogP contribution in [-0.2, 0) is 10.7 Å². The van der Waals surface area contributed by atoms with E-state index >= 15 is 0 Å². The van der Waals surface area contributed by atoms with Crippen molar-refractivity contribution >= 4 is 23.5 Å². The maximum Gasteiger partial charge on any atom is 0.330 e. The van der Waals surface area contributed by atoms with Crippen LogP contribution in [0, 0.1) is 0 Å². The van der Waals surface area contributed by atoms with Gasteiger partial charge in [0.05, 0.1) is 0 Å². The van der Waals surface area contributed by atoms with Crippen LogP contribution in [0.15, 0.2) is 54.6 Å². The fourth-order valence-electron chi connectivity index (χ4n) is 1.89. The molecule has 0 radical (unpaired) electrons. The largest absolute Gasteiger partial charge is 0.479 e. The SMILES string of the molecule is O=C(N[C@H](C(=O)O)c1ccc(CCl)cc1)c1ccccc1. The van der Waals surface area contributed by atoms with Crippen molar-refractivity contribution < 1.29 is 14.7 Å². The molecule has 0 saturated carbocycles. The van der Waals surface area contributed by atoms with Crippen LogP contribution in [0.1, 0.15) is 27.5 Å². The summed E-state index contributed by atoms with van der Waals surface area (Å²) in [6.45, 7) is 0. The monoisotopic (exact) mass is 303 g/mol. The summed E-state index contributed by atoms with van der Waals surface area (Å²) in [4.78, 5) is 23.4. The maximum atomic E-state index is 12.1. The third-order valence-corrected chi connectivity index (χ3v) is 3.33. The maximum absolute atomic E-state index is 12.1. The van der Waals surface area contributed by atoms with Gasteiger partial charge in [0.1, 0.15) is 0 Å². The van der Waals surface area contributed by atoms with E-state index in [1.54, 1.807) is 54.6 Å². The average molecular weight is 304 g/mol. The van der Waals surface area contributed by atoms with E-state index in [4.69, 9.17) is 11.6 Å². The minimum atomic E-state index is -1.11. The highest BCUT2D eigenvalue weighted by molar-refractivity contribution is 6.17. The van der Waals surface area contributed by atoms with Crippen LogP contribution in [0.4, 0.5) is 0 Å². The number of nitrogens with one attached hydrogen (secondary N) is 1. The molecular weight excluding hydrogens is 290 g/mol. The molecule has 0 bridgehead atoms. The van der Waals surface area contributed by atoms with E-state index in [0.29, 0.717) is 17.0 Å². The fourth-order valence-corrected chi connectivity index (χ4v) is 2.07. The summed E-state index contributed by atoms with van der Waals surface area (Å²) in [6, 6.07) is 14.2. The molecule has 2 N–H and O–H groups in total. The number of halogens is 1. The van der Waals surface area contributed by atoms with Crippen LogP contribution < -0.4 is 5.32 Å². The number of hydrogen-bond acceptors (Lipinski definition) is 2. The van der Waals surface area contributed by atoms with Gasteiger partial charge in [0, 0.05) is 11.4 Å². The first-order valence-electron chi connectivity index (χ1n) is 6.35. The van der Waals surface area contributed by atoms with E-state index in [1.807, 2.05) is 0 Å². The van der Waals surface area contributed by atoms with Gasteiger partial charge in [-0.05, 0) is 23.3 Å². The van der Waals surface area contributed by atoms with E-state index in [9.17, 15) is 14.7 Å². The molecule has 0 fully saturated rings. The van der Waals surface area contributed by atoms with Crippen LogP contribution in [-0.4, -0.2) is 17.0 Å². The number of benzene rings is 2. The van der Waals surface area contributed by atoms with Gasteiger partial charge < -0.3 is 10.4 Å². The minimum absolute atomic E-state index is 0.356. The van der Waals surface area contributed by atoms with Crippen molar-refractivity contribution in [1.29, 1.82) is 0 Å². The lowest BCUT2D eigenvalue weighted by Gasteiger charge is -2.15. The Bertz CT molecular complexity index is 626. The number of alkyl halides is 1. The predicted molar refractivity (Wildman–Crippen MR) is 80.3 cm³/mol. The van der Waals surface area contributed by atoms with Crippen molar-refractivity contribution in [2.45, 2.75) is 11.9 Å². The standard InChI is InChI=1S/C16H14ClNO3/c17-10-11-6-8-12(9-7-11)14(16(20)21)18-15(19)13-4-2-1-3-5-13/h1-9,14H,10H2,(H,18,19)(H,20,21)/t14-/m0/s1. The molecule has 1 atom stereocenters. The summed E-state index contributed by atoms with van der Waals surface area (Å²) in [5.41, 5.74) is 1.81. The Balaban J connectivity index is 2.19. The second-order valence-corrected chi connectivity index (χ2v) is 4.75. The smallest absolute Gasteiger partial charge is 0.330 e. The zero-order valence-corrected chi connectivity index (χ0v) is 11.9. The lowest BCUT2D eigenvalue weighted by molar-refractivity contribution is -0.139. The van der Waals surface area contributed by atoms with Crippen LogP contribution >= 0.6 is 11.6 Å². The van der Waals surface area contributed by atoms with Crippen LogP contribution in [0.3, 0.4) is 0 Å². The molecule has 0 aliphatic heterocycles. The van der Waals surface area contributed by atoms with Gasteiger partial charge in [-0.2, -0.15) is 0 Å². The van der Waals surface area contributed by atoms with Crippen molar-refractivity contribution in [3.63, 3.8) is 0 Å². The van der Waals surface area contributed by atoms with Crippen molar-refractivity contribution in [1.82, 2.24) is 5.32 Å². The lowest BCUT2D eigenvalue weighted by atomic mass is 10.0. The first-order chi connectivity index (χ1) is 10.1. The Labute approximate surface area is 127 Å². The molecule has 2 aromatic rings. The van der Waals surface area contributed by atoms with Crippen molar-refractivity contribution in [3.05, 3.63) is 71.3 Å². The highest BCUT2D eigenvalue weighted by atomic mass is 35.5. The third-order valence-electron chi connectivity index (χ3n) is 3.03. The first-order valence-corrected chi connectivity index (χ1v) is 6.89. The second kappa shape index (κ2) is 6.90. The van der Waals surface area contributed by atoms with Crippen molar-refractivity contribution in [2.24, 2.45) is 0 Å². The number of carbonyl (C=O) groups is 2. The number of rotatable bonds is 5. The number of carboxylic acid groups (broad SMARTS) is 1.